The molecular weight excluding hydrogens is 297 g/mol. The Morgan fingerprint density at radius 1 is 1.57 bits per heavy atom. The fourth-order valence-electron chi connectivity index (χ4n) is 2.00. The predicted octanol–water partition coefficient (Wildman–Crippen LogP) is 1.29. The van der Waals surface area contributed by atoms with Crippen LogP contribution in [0.5, 0.6) is 0 Å². The molecule has 0 spiro atoms. The Kier molecular flexibility index (Phi) is 3.42. The highest BCUT2D eigenvalue weighted by Crippen LogP contribution is 2.38. The van der Waals surface area contributed by atoms with Gasteiger partial charge in [0.25, 0.3) is 0 Å². The van der Waals surface area contributed by atoms with Gasteiger partial charge in [0, 0.05) is 10.9 Å². The molecule has 7 nitrogen and oxygen atoms in total. The lowest BCUT2D eigenvalue weighted by atomic mass is 10.2. The number of oxime groups is 1. The first kappa shape index (κ1) is 13.7. The van der Waals surface area contributed by atoms with Gasteiger partial charge in [-0.05, 0) is 36.7 Å². The van der Waals surface area contributed by atoms with E-state index < -0.39 is 5.82 Å². The molecule has 0 aliphatic heterocycles. The monoisotopic (exact) mass is 309 g/mol. The van der Waals surface area contributed by atoms with E-state index in [2.05, 4.69) is 15.4 Å². The van der Waals surface area contributed by atoms with Crippen LogP contribution in [0.15, 0.2) is 38.2 Å². The Labute approximate surface area is 122 Å². The van der Waals surface area contributed by atoms with Gasteiger partial charge < -0.3 is 10.9 Å². The van der Waals surface area contributed by atoms with E-state index in [9.17, 15) is 9.18 Å². The van der Waals surface area contributed by atoms with Crippen LogP contribution in [0.1, 0.15) is 24.4 Å². The summed E-state index contributed by atoms with van der Waals surface area (Å²) in [6, 6.07) is 4.49. The number of H-pyrrole nitrogens is 1. The van der Waals surface area contributed by atoms with E-state index in [1.165, 1.54) is 12.1 Å². The normalized spacial score (nSPS) is 15.4. The molecule has 0 atom stereocenters. The van der Waals surface area contributed by atoms with Gasteiger partial charge in [-0.1, -0.05) is 11.2 Å². The average Bonchev–Trinajstić information content (AvgIpc) is 3.23. The molecule has 9 heteroatoms. The molecule has 1 heterocycles. The van der Waals surface area contributed by atoms with Crippen molar-refractivity contribution in [2.24, 2.45) is 10.9 Å². The van der Waals surface area contributed by atoms with Gasteiger partial charge in [0.05, 0.1) is 5.56 Å². The summed E-state index contributed by atoms with van der Waals surface area (Å²) in [6.45, 7) is 0. The molecule has 1 aromatic carbocycles. The van der Waals surface area contributed by atoms with Crippen molar-refractivity contribution in [2.45, 2.75) is 28.9 Å². The Morgan fingerprint density at radius 2 is 2.33 bits per heavy atom. The first-order chi connectivity index (χ1) is 10.1. The van der Waals surface area contributed by atoms with Gasteiger partial charge in [-0.25, -0.2) is 14.3 Å². The van der Waals surface area contributed by atoms with Crippen LogP contribution in [0.2, 0.25) is 0 Å². The van der Waals surface area contributed by atoms with Gasteiger partial charge in [-0.15, -0.1) is 5.10 Å². The first-order valence-electron chi connectivity index (χ1n) is 6.23. The van der Waals surface area contributed by atoms with Gasteiger partial charge in [0.2, 0.25) is 0 Å². The van der Waals surface area contributed by atoms with Crippen molar-refractivity contribution in [1.82, 2.24) is 14.8 Å². The molecule has 0 saturated heterocycles. The fourth-order valence-corrected chi connectivity index (χ4v) is 3.07. The van der Waals surface area contributed by atoms with E-state index in [4.69, 9.17) is 10.9 Å². The summed E-state index contributed by atoms with van der Waals surface area (Å²) in [5.74, 6) is -0.933. The van der Waals surface area contributed by atoms with Crippen molar-refractivity contribution in [3.63, 3.8) is 0 Å². The summed E-state index contributed by atoms with van der Waals surface area (Å²) >= 11 is 1.10. The van der Waals surface area contributed by atoms with E-state index in [0.717, 1.165) is 24.6 Å². The molecule has 1 aliphatic rings. The smallest absolute Gasteiger partial charge is 0.344 e. The van der Waals surface area contributed by atoms with Crippen molar-refractivity contribution in [1.29, 1.82) is 0 Å². The van der Waals surface area contributed by atoms with Crippen molar-refractivity contribution >= 4 is 17.6 Å². The van der Waals surface area contributed by atoms with Crippen LogP contribution in [-0.4, -0.2) is 25.8 Å². The Morgan fingerprint density at radius 3 is 3.00 bits per heavy atom. The standard InChI is InChI=1S/C12H12FN5O2S/c13-7-2-1-3-8(9(7)10(14)17-20)21-12-16-15-11(19)18(12)6-4-5-6/h1-3,6,20H,4-5H2,(H2,14,17)(H,15,19). The third kappa shape index (κ3) is 2.51. The molecule has 1 saturated carbocycles. The molecule has 0 bridgehead atoms. The number of nitrogens with zero attached hydrogens (tertiary/aromatic N) is 3. The third-order valence-electron chi connectivity index (χ3n) is 3.12. The van der Waals surface area contributed by atoms with E-state index >= 15 is 0 Å². The number of amidine groups is 1. The maximum atomic E-state index is 13.9. The van der Waals surface area contributed by atoms with Gasteiger partial charge in [0.15, 0.2) is 11.0 Å². The minimum atomic E-state index is -0.605. The minimum Gasteiger partial charge on any atom is -0.409 e. The number of aromatic amines is 1. The van der Waals surface area contributed by atoms with Crippen molar-refractivity contribution in [3.05, 3.63) is 40.1 Å². The molecule has 0 radical (unpaired) electrons. The van der Waals surface area contributed by atoms with Crippen molar-refractivity contribution in [3.8, 4) is 0 Å². The van der Waals surface area contributed by atoms with Crippen LogP contribution in [0.25, 0.3) is 0 Å². The second kappa shape index (κ2) is 5.24. The first-order valence-corrected chi connectivity index (χ1v) is 7.04. The number of hydrogen-bond donors (Lipinski definition) is 3. The van der Waals surface area contributed by atoms with Gasteiger partial charge in [-0.2, -0.15) is 0 Å². The molecule has 1 aliphatic carbocycles. The topological polar surface area (TPSA) is 109 Å². The second-order valence-electron chi connectivity index (χ2n) is 4.61. The molecule has 4 N–H and O–H groups in total. The predicted molar refractivity (Wildman–Crippen MR) is 74.2 cm³/mol. The quantitative estimate of drug-likeness (QED) is 0.341. The van der Waals surface area contributed by atoms with Crippen LogP contribution in [0.4, 0.5) is 4.39 Å². The number of halogens is 1. The maximum absolute atomic E-state index is 13.9. The average molecular weight is 309 g/mol. The van der Waals surface area contributed by atoms with Crippen LogP contribution in [0, 0.1) is 5.82 Å². The number of benzene rings is 1. The second-order valence-corrected chi connectivity index (χ2v) is 5.62. The number of aromatic nitrogens is 3. The number of hydrogen-bond acceptors (Lipinski definition) is 5. The summed E-state index contributed by atoms with van der Waals surface area (Å²) in [6.07, 6.45) is 1.84. The van der Waals surface area contributed by atoms with Crippen molar-refractivity contribution < 1.29 is 9.60 Å². The summed E-state index contributed by atoms with van der Waals surface area (Å²) < 4.78 is 15.4. The molecule has 2 aromatic rings. The highest BCUT2D eigenvalue weighted by Gasteiger charge is 2.29. The molecule has 0 amide bonds. The lowest BCUT2D eigenvalue weighted by molar-refractivity contribution is 0.318. The van der Waals surface area contributed by atoms with Crippen LogP contribution < -0.4 is 11.4 Å². The third-order valence-corrected chi connectivity index (χ3v) is 4.16. The summed E-state index contributed by atoms with van der Waals surface area (Å²) in [5.41, 5.74) is 5.21. The van der Waals surface area contributed by atoms with E-state index in [0.29, 0.717) is 10.1 Å². The molecule has 1 fully saturated rings. The zero-order valence-electron chi connectivity index (χ0n) is 10.8. The highest BCUT2D eigenvalue weighted by atomic mass is 32.2. The van der Waals surface area contributed by atoms with Gasteiger partial charge in [0.1, 0.15) is 5.82 Å². The van der Waals surface area contributed by atoms with E-state index in [1.807, 2.05) is 0 Å². The zero-order valence-corrected chi connectivity index (χ0v) is 11.6. The number of nitrogens with one attached hydrogen (secondary N) is 1. The Hall–Kier alpha value is -2.29. The SMILES string of the molecule is NC(=NO)c1c(F)cccc1Sc1n[nH]c(=O)n1C1CC1. The molecule has 21 heavy (non-hydrogen) atoms. The van der Waals surface area contributed by atoms with Crippen LogP contribution in [-0.2, 0) is 0 Å². The van der Waals surface area contributed by atoms with E-state index in [-0.39, 0.29) is 23.1 Å². The zero-order chi connectivity index (χ0) is 15.0. The largest absolute Gasteiger partial charge is 0.409 e. The van der Waals surface area contributed by atoms with Gasteiger partial charge in [-0.3, -0.25) is 4.57 Å². The molecule has 0 unspecified atom stereocenters. The fraction of sp³-hybridized carbons (Fsp3) is 0.250. The number of rotatable bonds is 4. The molecule has 110 valence electrons. The molecule has 3 rings (SSSR count). The Bertz CT molecular complexity index is 765. The lowest BCUT2D eigenvalue weighted by Crippen LogP contribution is -2.17. The van der Waals surface area contributed by atoms with Crippen LogP contribution in [0.3, 0.4) is 0 Å². The highest BCUT2D eigenvalue weighted by molar-refractivity contribution is 7.99. The molecule has 1 aromatic heterocycles. The summed E-state index contributed by atoms with van der Waals surface area (Å²) in [5, 5.41) is 18.4. The minimum absolute atomic E-state index is 0.0113. The molecular formula is C12H12FN5O2S. The summed E-state index contributed by atoms with van der Waals surface area (Å²) in [7, 11) is 0. The van der Waals surface area contributed by atoms with E-state index in [1.54, 1.807) is 10.6 Å². The van der Waals surface area contributed by atoms with Gasteiger partial charge >= 0.3 is 5.69 Å². The van der Waals surface area contributed by atoms with Crippen LogP contribution >= 0.6 is 11.8 Å². The lowest BCUT2D eigenvalue weighted by Gasteiger charge is -2.09. The summed E-state index contributed by atoms with van der Waals surface area (Å²) in [4.78, 5) is 12.1. The maximum Gasteiger partial charge on any atom is 0.344 e. The number of nitrogens with two attached hydrogens (primary N) is 1. The van der Waals surface area contributed by atoms with Crippen molar-refractivity contribution in [2.75, 3.05) is 0 Å². The Balaban J connectivity index is 2.03.